The Kier molecular flexibility index (Phi) is 1.06. The molecule has 1 aromatic heterocycles. The molecule has 0 aromatic carbocycles. The highest BCUT2D eigenvalue weighted by molar-refractivity contribution is 4.82. The highest BCUT2D eigenvalue weighted by Gasteiger charge is 1.88. The van der Waals surface area contributed by atoms with Crippen LogP contribution in [0.4, 0.5) is 0 Å². The molecule has 0 atom stereocenters. The molecule has 1 heterocycles. The summed E-state index contributed by atoms with van der Waals surface area (Å²) in [4.78, 5) is 0. The minimum Gasteiger partial charge on any atom is -0.342 e. The van der Waals surface area contributed by atoms with E-state index in [-0.39, 0.29) is 0 Å². The first-order chi connectivity index (χ1) is 3.43. The Balaban J connectivity index is 2.76. The molecule has 3 heteroatoms. The van der Waals surface area contributed by atoms with E-state index < -0.39 is 0 Å². The first-order valence-corrected chi connectivity index (χ1v) is 2.19. The zero-order chi connectivity index (χ0) is 5.11. The van der Waals surface area contributed by atoms with Crippen LogP contribution in [0.15, 0.2) is 10.7 Å². The topological polar surface area (TPSA) is 38.9 Å². The summed E-state index contributed by atoms with van der Waals surface area (Å²) < 4.78 is 4.62. The van der Waals surface area contributed by atoms with Crippen LogP contribution < -0.4 is 0 Å². The van der Waals surface area contributed by atoms with Crippen LogP contribution in [0.5, 0.6) is 0 Å². The van der Waals surface area contributed by atoms with E-state index >= 15 is 0 Å². The molecule has 0 aliphatic carbocycles. The molecule has 0 aliphatic rings. The van der Waals surface area contributed by atoms with Gasteiger partial charge in [0.25, 0.3) is 0 Å². The molecular weight excluding hydrogens is 92.1 g/mol. The van der Waals surface area contributed by atoms with Crippen molar-refractivity contribution in [3.05, 3.63) is 12.0 Å². The molecule has 0 fully saturated rings. The van der Waals surface area contributed by atoms with Gasteiger partial charge in [-0.15, -0.1) is 5.10 Å². The third-order valence-corrected chi connectivity index (χ3v) is 0.755. The molecule has 0 amide bonds. The van der Waals surface area contributed by atoms with E-state index in [1.165, 1.54) is 0 Å². The lowest BCUT2D eigenvalue weighted by molar-refractivity contribution is 0.365. The van der Waals surface area contributed by atoms with Crippen LogP contribution in [0.25, 0.3) is 0 Å². The highest BCUT2D eigenvalue weighted by atomic mass is 16.5. The molecule has 0 saturated carbocycles. The maximum Gasteiger partial charge on any atom is 0.156 e. The second-order valence-electron chi connectivity index (χ2n) is 1.24. The van der Waals surface area contributed by atoms with Crippen LogP contribution in [-0.2, 0) is 6.42 Å². The van der Waals surface area contributed by atoms with Crippen LogP contribution >= 0.6 is 0 Å². The van der Waals surface area contributed by atoms with Crippen molar-refractivity contribution < 1.29 is 4.52 Å². The van der Waals surface area contributed by atoms with Crippen molar-refractivity contribution in [1.82, 2.24) is 10.4 Å². The van der Waals surface area contributed by atoms with Crippen LogP contribution in [0.2, 0.25) is 0 Å². The van der Waals surface area contributed by atoms with Gasteiger partial charge in [-0.05, 0) is 0 Å². The van der Waals surface area contributed by atoms with E-state index in [0.717, 1.165) is 12.2 Å². The third-order valence-electron chi connectivity index (χ3n) is 0.755. The second-order valence-corrected chi connectivity index (χ2v) is 1.24. The summed E-state index contributed by atoms with van der Waals surface area (Å²) in [6.07, 6.45) is 2.48. The zero-order valence-corrected chi connectivity index (χ0v) is 4.09. The lowest BCUT2D eigenvalue weighted by atomic mass is 10.4. The number of rotatable bonds is 1. The summed E-state index contributed by atoms with van der Waals surface area (Å²) >= 11 is 0. The Labute approximate surface area is 41.3 Å². The predicted molar refractivity (Wildman–Crippen MR) is 23.7 cm³/mol. The molecule has 0 radical (unpaired) electrons. The van der Waals surface area contributed by atoms with Gasteiger partial charge < -0.3 is 4.52 Å². The van der Waals surface area contributed by atoms with E-state index in [2.05, 4.69) is 14.9 Å². The highest BCUT2D eigenvalue weighted by Crippen LogP contribution is 1.91. The molecule has 1 rings (SSSR count). The van der Waals surface area contributed by atoms with E-state index in [0.29, 0.717) is 0 Å². The monoisotopic (exact) mass is 98.0 g/mol. The minimum atomic E-state index is 0.833. The zero-order valence-electron chi connectivity index (χ0n) is 4.09. The first-order valence-electron chi connectivity index (χ1n) is 2.19. The van der Waals surface area contributed by atoms with Gasteiger partial charge in [-0.1, -0.05) is 6.92 Å². The van der Waals surface area contributed by atoms with Crippen molar-refractivity contribution >= 4 is 0 Å². The van der Waals surface area contributed by atoms with Crippen LogP contribution in [-0.4, -0.2) is 10.4 Å². The van der Waals surface area contributed by atoms with Gasteiger partial charge in [0.15, 0.2) is 5.76 Å². The number of hydrogen-bond donors (Lipinski definition) is 0. The molecule has 3 nitrogen and oxygen atoms in total. The van der Waals surface area contributed by atoms with E-state index in [9.17, 15) is 0 Å². The lowest BCUT2D eigenvalue weighted by Crippen LogP contribution is -1.67. The van der Waals surface area contributed by atoms with Gasteiger partial charge in [0, 0.05) is 11.7 Å². The quantitative estimate of drug-likeness (QED) is 0.517. The number of aryl methyl sites for hydroxylation is 1. The average Bonchev–Trinajstić information content (AvgIpc) is 2.14. The van der Waals surface area contributed by atoms with Gasteiger partial charge in [-0.25, -0.2) is 0 Å². The molecular formula is C4H6N2O. The van der Waals surface area contributed by atoms with Gasteiger partial charge in [0.1, 0.15) is 0 Å². The molecule has 0 spiro atoms. The Morgan fingerprint density at radius 2 is 2.71 bits per heavy atom. The SMILES string of the molecule is CCc1cnno1. The molecule has 0 saturated heterocycles. The van der Waals surface area contributed by atoms with Gasteiger partial charge in [0.05, 0.1) is 6.20 Å². The maximum absolute atomic E-state index is 4.62. The fourth-order valence-electron chi connectivity index (χ4n) is 0.343. The number of aromatic nitrogens is 2. The predicted octanol–water partition coefficient (Wildman–Crippen LogP) is 0.632. The fourth-order valence-corrected chi connectivity index (χ4v) is 0.343. The Morgan fingerprint density at radius 3 is 3.00 bits per heavy atom. The third kappa shape index (κ3) is 0.765. The molecule has 0 N–H and O–H groups in total. The summed E-state index contributed by atoms with van der Waals surface area (Å²) in [6, 6.07) is 0. The van der Waals surface area contributed by atoms with Crippen LogP contribution in [0.1, 0.15) is 12.7 Å². The number of hydrogen-bond acceptors (Lipinski definition) is 3. The molecule has 0 bridgehead atoms. The maximum atomic E-state index is 4.62. The largest absolute Gasteiger partial charge is 0.342 e. The van der Waals surface area contributed by atoms with Crippen molar-refractivity contribution in [2.75, 3.05) is 0 Å². The molecule has 0 aliphatic heterocycles. The summed E-state index contributed by atoms with van der Waals surface area (Å²) in [5.41, 5.74) is 0. The smallest absolute Gasteiger partial charge is 0.156 e. The van der Waals surface area contributed by atoms with Crippen molar-refractivity contribution in [2.45, 2.75) is 13.3 Å². The normalized spacial score (nSPS) is 9.29. The van der Waals surface area contributed by atoms with Gasteiger partial charge >= 0.3 is 0 Å². The van der Waals surface area contributed by atoms with Gasteiger partial charge in [0.2, 0.25) is 0 Å². The van der Waals surface area contributed by atoms with E-state index in [1.807, 2.05) is 6.92 Å². The summed E-state index contributed by atoms with van der Waals surface area (Å²) in [5, 5.41) is 6.74. The second kappa shape index (κ2) is 1.73. The van der Waals surface area contributed by atoms with Gasteiger partial charge in [-0.3, -0.25) is 0 Å². The van der Waals surface area contributed by atoms with Crippen LogP contribution in [0.3, 0.4) is 0 Å². The first kappa shape index (κ1) is 4.30. The van der Waals surface area contributed by atoms with E-state index in [4.69, 9.17) is 0 Å². The Hall–Kier alpha value is -0.860. The molecule has 1 aromatic rings. The van der Waals surface area contributed by atoms with Gasteiger partial charge in [-0.2, -0.15) is 0 Å². The van der Waals surface area contributed by atoms with Crippen molar-refractivity contribution in [1.29, 1.82) is 0 Å². The van der Waals surface area contributed by atoms with Crippen molar-refractivity contribution in [3.8, 4) is 0 Å². The summed E-state index contributed by atoms with van der Waals surface area (Å²) in [6.45, 7) is 1.99. The van der Waals surface area contributed by atoms with Crippen molar-refractivity contribution in [2.24, 2.45) is 0 Å². The molecule has 38 valence electrons. The Morgan fingerprint density at radius 1 is 1.86 bits per heavy atom. The standard InChI is InChI=1S/C4H6N2O/c1-2-4-3-5-6-7-4/h3H,2H2,1H3. The average molecular weight is 98.1 g/mol. The summed E-state index contributed by atoms with van der Waals surface area (Å²) in [5.74, 6) is 0.833. The molecule has 7 heavy (non-hydrogen) atoms. The minimum absolute atomic E-state index is 0.833. The van der Waals surface area contributed by atoms with Crippen molar-refractivity contribution in [3.63, 3.8) is 0 Å². The van der Waals surface area contributed by atoms with E-state index in [1.54, 1.807) is 6.20 Å². The number of nitrogens with zero attached hydrogens (tertiary/aromatic N) is 2. The Bertz CT molecular complexity index is 124. The lowest BCUT2D eigenvalue weighted by Gasteiger charge is -1.74. The fraction of sp³-hybridized carbons (Fsp3) is 0.500. The summed E-state index contributed by atoms with van der Waals surface area (Å²) in [7, 11) is 0. The van der Waals surface area contributed by atoms with Crippen LogP contribution in [0, 0.1) is 0 Å². The molecule has 0 unspecified atom stereocenters.